The molecule has 2 amide bonds. The van der Waals surface area contributed by atoms with Gasteiger partial charge in [-0.25, -0.2) is 0 Å². The van der Waals surface area contributed by atoms with Gasteiger partial charge < -0.3 is 26.3 Å². The number of piperazine rings is 2. The Morgan fingerprint density at radius 3 is 1.07 bits per heavy atom. The van der Waals surface area contributed by atoms with E-state index < -0.39 is 0 Å². The summed E-state index contributed by atoms with van der Waals surface area (Å²) in [5.41, 5.74) is 9.92. The molecule has 13 nitrogen and oxygen atoms in total. The number of aromatic nitrogens is 2. The molecule has 6 aromatic rings. The lowest BCUT2D eigenvalue weighted by Gasteiger charge is -2.42. The number of rotatable bonds is 18. The topological polar surface area (TPSA) is 169 Å². The van der Waals surface area contributed by atoms with E-state index in [1.54, 1.807) is 12.2 Å². The number of pyridine rings is 2. The molecule has 2 aromatic heterocycles. The van der Waals surface area contributed by atoms with Crippen molar-refractivity contribution in [2.24, 2.45) is 0 Å². The maximum atomic E-state index is 12.4. The van der Waals surface area contributed by atoms with Gasteiger partial charge in [-0.3, -0.25) is 39.2 Å². The van der Waals surface area contributed by atoms with Crippen LogP contribution in [0.4, 0.5) is 0 Å². The SMILES string of the molecule is Cc1ncc(O)c(C)c1C=CC(=O)NCCC(C)N1CCN(C(c2ccccc2)c2ccccc2)CC1.Cc1ncc(O)c(C)c1C=CC(=O)NCCC(C)N1CCN(C(c2ccccc2)c2ccccc2)CC1.O. The van der Waals surface area contributed by atoms with Gasteiger partial charge in [0.1, 0.15) is 11.5 Å². The molecule has 0 aliphatic carbocycles. The predicted molar refractivity (Wildman–Crippen MR) is 302 cm³/mol. The van der Waals surface area contributed by atoms with E-state index in [2.05, 4.69) is 175 Å². The van der Waals surface area contributed by atoms with Crippen LogP contribution < -0.4 is 10.6 Å². The zero-order chi connectivity index (χ0) is 52.4. The van der Waals surface area contributed by atoms with Crippen molar-refractivity contribution in [2.75, 3.05) is 65.4 Å². The molecular formula is C62H78N8O5. The van der Waals surface area contributed by atoms with Crippen molar-refractivity contribution in [3.63, 3.8) is 0 Å². The van der Waals surface area contributed by atoms with Crippen LogP contribution in [-0.2, 0) is 9.59 Å². The number of benzene rings is 4. The van der Waals surface area contributed by atoms with Gasteiger partial charge in [0, 0.05) is 123 Å². The van der Waals surface area contributed by atoms with E-state index >= 15 is 0 Å². The van der Waals surface area contributed by atoms with Crippen LogP contribution in [0.5, 0.6) is 11.5 Å². The quantitative estimate of drug-likeness (QED) is 0.0612. The Bertz CT molecular complexity index is 2490. The molecule has 2 saturated heterocycles. The molecule has 2 atom stereocenters. The van der Waals surface area contributed by atoms with E-state index in [4.69, 9.17) is 0 Å². The maximum absolute atomic E-state index is 12.4. The molecule has 2 unspecified atom stereocenters. The third-order valence-corrected chi connectivity index (χ3v) is 14.8. The van der Waals surface area contributed by atoms with Gasteiger partial charge >= 0.3 is 0 Å². The number of hydrogen-bond acceptors (Lipinski definition) is 10. The molecule has 396 valence electrons. The second-order valence-electron chi connectivity index (χ2n) is 19.7. The molecule has 0 saturated carbocycles. The van der Waals surface area contributed by atoms with Crippen molar-refractivity contribution < 1.29 is 25.3 Å². The number of aromatic hydroxyl groups is 2. The van der Waals surface area contributed by atoms with Gasteiger partial charge in [-0.15, -0.1) is 0 Å². The molecule has 13 heteroatoms. The fourth-order valence-corrected chi connectivity index (χ4v) is 10.2. The summed E-state index contributed by atoms with van der Waals surface area (Å²) in [6.45, 7) is 21.2. The minimum absolute atomic E-state index is 0. The summed E-state index contributed by atoms with van der Waals surface area (Å²) in [6, 6.07) is 44.4. The van der Waals surface area contributed by atoms with Crippen LogP contribution in [-0.4, -0.2) is 135 Å². The summed E-state index contributed by atoms with van der Waals surface area (Å²) in [7, 11) is 0. The van der Waals surface area contributed by atoms with Crippen molar-refractivity contribution in [3.8, 4) is 11.5 Å². The first-order valence-corrected chi connectivity index (χ1v) is 26.3. The average molecular weight is 1020 g/mol. The molecule has 2 aliphatic heterocycles. The van der Waals surface area contributed by atoms with Crippen molar-refractivity contribution in [2.45, 2.75) is 78.6 Å². The Morgan fingerprint density at radius 1 is 0.493 bits per heavy atom. The third kappa shape index (κ3) is 16.0. The number of aryl methyl sites for hydroxylation is 2. The lowest BCUT2D eigenvalue weighted by atomic mass is 9.96. The van der Waals surface area contributed by atoms with E-state index in [0.29, 0.717) is 25.2 Å². The van der Waals surface area contributed by atoms with Gasteiger partial charge in [0.15, 0.2) is 0 Å². The van der Waals surface area contributed by atoms with Crippen molar-refractivity contribution >= 4 is 24.0 Å². The Hall–Kier alpha value is -7.00. The molecule has 4 aromatic carbocycles. The molecule has 0 spiro atoms. The third-order valence-electron chi connectivity index (χ3n) is 14.8. The molecule has 0 radical (unpaired) electrons. The molecule has 75 heavy (non-hydrogen) atoms. The Balaban J connectivity index is 0.000000241. The highest BCUT2D eigenvalue weighted by atomic mass is 16.3. The minimum atomic E-state index is -0.132. The van der Waals surface area contributed by atoms with Gasteiger partial charge in [-0.05, 0) is 88.8 Å². The summed E-state index contributed by atoms with van der Waals surface area (Å²) in [4.78, 5) is 43.3. The van der Waals surface area contributed by atoms with Gasteiger partial charge in [0.05, 0.1) is 24.5 Å². The Morgan fingerprint density at radius 2 is 0.773 bits per heavy atom. The summed E-state index contributed by atoms with van der Waals surface area (Å²) in [6.07, 6.45) is 11.2. The highest BCUT2D eigenvalue weighted by Crippen LogP contribution is 2.32. The minimum Gasteiger partial charge on any atom is -0.506 e. The number of hydrogen-bond donors (Lipinski definition) is 4. The van der Waals surface area contributed by atoms with Gasteiger partial charge in [0.2, 0.25) is 11.8 Å². The van der Waals surface area contributed by atoms with Gasteiger partial charge in [-0.1, -0.05) is 121 Å². The van der Waals surface area contributed by atoms with Crippen molar-refractivity contribution in [1.29, 1.82) is 0 Å². The second-order valence-corrected chi connectivity index (χ2v) is 19.7. The Kier molecular flexibility index (Phi) is 21.9. The molecule has 4 heterocycles. The molecular weight excluding hydrogens is 937 g/mol. The lowest BCUT2D eigenvalue weighted by Crippen LogP contribution is -2.51. The number of nitrogens with one attached hydrogen (secondary N) is 2. The van der Waals surface area contributed by atoms with Crippen molar-refractivity contribution in [1.82, 2.24) is 40.2 Å². The number of carbonyl (C=O) groups excluding carboxylic acids is 2. The average Bonchev–Trinajstić information content (AvgIpc) is 3.42. The van der Waals surface area contributed by atoms with E-state index in [1.807, 2.05) is 27.7 Å². The monoisotopic (exact) mass is 1010 g/mol. The fraction of sp³-hybridized carbons (Fsp3) is 0.355. The van der Waals surface area contributed by atoms with Crippen LogP contribution in [0, 0.1) is 27.7 Å². The largest absolute Gasteiger partial charge is 0.506 e. The van der Waals surface area contributed by atoms with Crippen LogP contribution in [0.15, 0.2) is 146 Å². The molecule has 2 fully saturated rings. The smallest absolute Gasteiger partial charge is 0.244 e. The fourth-order valence-electron chi connectivity index (χ4n) is 10.2. The summed E-state index contributed by atoms with van der Waals surface area (Å²) >= 11 is 0. The summed E-state index contributed by atoms with van der Waals surface area (Å²) < 4.78 is 0. The van der Waals surface area contributed by atoms with Crippen LogP contribution in [0.1, 0.15) is 94.7 Å². The maximum Gasteiger partial charge on any atom is 0.244 e. The van der Waals surface area contributed by atoms with Crippen LogP contribution >= 0.6 is 0 Å². The molecule has 6 N–H and O–H groups in total. The van der Waals surface area contributed by atoms with Crippen LogP contribution in [0.25, 0.3) is 12.2 Å². The number of carbonyl (C=O) groups is 2. The Labute approximate surface area is 445 Å². The highest BCUT2D eigenvalue weighted by molar-refractivity contribution is 5.92. The van der Waals surface area contributed by atoms with Gasteiger partial charge in [-0.2, -0.15) is 0 Å². The van der Waals surface area contributed by atoms with E-state index in [9.17, 15) is 19.8 Å². The van der Waals surface area contributed by atoms with E-state index in [1.165, 1.54) is 46.8 Å². The lowest BCUT2D eigenvalue weighted by molar-refractivity contribution is -0.117. The van der Waals surface area contributed by atoms with Crippen LogP contribution in [0.3, 0.4) is 0 Å². The first kappa shape index (κ1) is 57.3. The first-order valence-electron chi connectivity index (χ1n) is 26.3. The highest BCUT2D eigenvalue weighted by Gasteiger charge is 2.29. The number of amides is 2. The summed E-state index contributed by atoms with van der Waals surface area (Å²) in [5, 5.41) is 25.7. The normalized spacial score (nSPS) is 15.6. The molecule has 0 bridgehead atoms. The van der Waals surface area contributed by atoms with Gasteiger partial charge in [0.25, 0.3) is 0 Å². The van der Waals surface area contributed by atoms with E-state index in [-0.39, 0.29) is 40.9 Å². The van der Waals surface area contributed by atoms with Crippen LogP contribution in [0.2, 0.25) is 0 Å². The zero-order valence-corrected chi connectivity index (χ0v) is 44.7. The zero-order valence-electron chi connectivity index (χ0n) is 44.7. The first-order chi connectivity index (χ1) is 35.9. The standard InChI is InChI=1S/2C31H38N4O2.H2O/c2*1-23(16-17-32-30(37)15-14-28-24(2)29(36)22-33-25(28)3)34-18-20-35(21-19-34)31(26-10-6-4-7-11-26)27-12-8-5-9-13-27;/h2*4-15,22-23,31,36H,16-21H2,1-3H3,(H,32,37);1H2. The second kappa shape index (κ2) is 28.6. The summed E-state index contributed by atoms with van der Waals surface area (Å²) in [5.74, 6) is 0.0114. The number of nitrogens with zero attached hydrogens (tertiary/aromatic N) is 6. The van der Waals surface area contributed by atoms with E-state index in [0.717, 1.165) is 98.8 Å². The van der Waals surface area contributed by atoms with Crippen molar-refractivity contribution in [3.05, 3.63) is 202 Å². The molecule has 8 rings (SSSR count). The molecule has 2 aliphatic rings. The predicted octanol–water partition coefficient (Wildman–Crippen LogP) is 8.61.